The maximum Gasteiger partial charge on any atom is 0.256 e. The first-order valence-electron chi connectivity index (χ1n) is 8.54. The number of likely N-dealkylation sites (tertiary alicyclic amines) is 2. The monoisotopic (exact) mass is 394 g/mol. The maximum absolute atomic E-state index is 14.1. The molecule has 2 aliphatic heterocycles. The predicted octanol–water partition coefficient (Wildman–Crippen LogP) is 4.28. The molecule has 0 unspecified atom stereocenters. The lowest BCUT2D eigenvalue weighted by Crippen LogP contribution is -2.33. The topological polar surface area (TPSA) is 23.6 Å². The van der Waals surface area contributed by atoms with Crippen LogP contribution < -0.4 is 0 Å². The summed E-state index contributed by atoms with van der Waals surface area (Å²) in [6.07, 6.45) is 0. The number of nitrogens with zero attached hydrogens (tertiary/aromatic N) is 2. The molecule has 1 amide bonds. The molecule has 2 aliphatic rings. The summed E-state index contributed by atoms with van der Waals surface area (Å²) in [6.45, 7) is 2.27. The molecule has 0 radical (unpaired) electrons. The average Bonchev–Trinajstić information content (AvgIpc) is 3.13. The van der Waals surface area contributed by atoms with Crippen molar-refractivity contribution in [1.82, 2.24) is 9.80 Å². The molecule has 0 spiro atoms. The highest BCUT2D eigenvalue weighted by molar-refractivity contribution is 6.31. The highest BCUT2D eigenvalue weighted by Crippen LogP contribution is 2.44. The highest BCUT2D eigenvalue weighted by Gasteiger charge is 2.47. The molecule has 2 aromatic carbocycles. The molecule has 2 fully saturated rings. The Balaban J connectivity index is 0.00000196. The molecule has 3 nitrogen and oxygen atoms in total. The van der Waals surface area contributed by atoms with Gasteiger partial charge in [-0.2, -0.15) is 0 Å². The highest BCUT2D eigenvalue weighted by atomic mass is 35.5. The standard InChI is InChI=1S/C20H20ClFN2O.ClH/c1-23-10-14-11-24(20(25)16-9-15(21)7-8-18(16)22)12-17(14)19(23)13-5-3-2-4-6-13;/h2-9,14,17,19H,10-12H2,1H3;1H/t14-,17+,19-;/m0./s1. The smallest absolute Gasteiger partial charge is 0.256 e. The zero-order valence-corrected chi connectivity index (χ0v) is 16.0. The molecule has 3 atom stereocenters. The average molecular weight is 395 g/mol. The molecule has 0 saturated carbocycles. The Kier molecular flexibility index (Phi) is 5.56. The Morgan fingerprint density at radius 2 is 1.85 bits per heavy atom. The summed E-state index contributed by atoms with van der Waals surface area (Å²) in [5.74, 6) is 0.0204. The SMILES string of the molecule is CN1C[C@H]2CN(C(=O)c3cc(Cl)ccc3F)C[C@H]2[C@@H]1c1ccccc1.Cl. The molecule has 2 aromatic rings. The molecular weight excluding hydrogens is 374 g/mol. The number of rotatable bonds is 2. The molecule has 4 rings (SSSR count). The van der Waals surface area contributed by atoms with Crippen LogP contribution in [0.2, 0.25) is 5.02 Å². The lowest BCUT2D eigenvalue weighted by Gasteiger charge is -2.27. The first-order valence-corrected chi connectivity index (χ1v) is 8.92. The molecule has 0 bridgehead atoms. The van der Waals surface area contributed by atoms with Crippen LogP contribution in [-0.2, 0) is 0 Å². The normalized spacial score (nSPS) is 25.0. The van der Waals surface area contributed by atoms with E-state index in [1.165, 1.54) is 23.8 Å². The van der Waals surface area contributed by atoms with Gasteiger partial charge in [0.25, 0.3) is 5.91 Å². The summed E-state index contributed by atoms with van der Waals surface area (Å²) < 4.78 is 14.1. The third-order valence-corrected chi connectivity index (χ3v) is 5.72. The van der Waals surface area contributed by atoms with Gasteiger partial charge in [-0.05, 0) is 36.7 Å². The van der Waals surface area contributed by atoms with E-state index in [0.29, 0.717) is 36.0 Å². The number of hydrogen-bond acceptors (Lipinski definition) is 2. The van der Waals surface area contributed by atoms with Gasteiger partial charge in [0.15, 0.2) is 0 Å². The third kappa shape index (κ3) is 3.34. The van der Waals surface area contributed by atoms with Crippen LogP contribution in [0.4, 0.5) is 4.39 Å². The van der Waals surface area contributed by atoms with Crippen molar-refractivity contribution in [1.29, 1.82) is 0 Å². The minimum atomic E-state index is -0.511. The largest absolute Gasteiger partial charge is 0.338 e. The zero-order valence-electron chi connectivity index (χ0n) is 14.4. The van der Waals surface area contributed by atoms with E-state index < -0.39 is 5.82 Å². The molecule has 2 heterocycles. The van der Waals surface area contributed by atoms with Crippen molar-refractivity contribution in [3.05, 3.63) is 70.5 Å². The predicted molar refractivity (Wildman–Crippen MR) is 103 cm³/mol. The third-order valence-electron chi connectivity index (χ3n) is 5.48. The van der Waals surface area contributed by atoms with E-state index in [9.17, 15) is 9.18 Å². The first-order chi connectivity index (χ1) is 12.0. The number of carbonyl (C=O) groups excluding carboxylic acids is 1. The fourth-order valence-electron chi connectivity index (χ4n) is 4.41. The zero-order chi connectivity index (χ0) is 17.6. The number of carbonyl (C=O) groups is 1. The molecule has 2 saturated heterocycles. The van der Waals surface area contributed by atoms with E-state index in [1.54, 1.807) is 4.90 Å². The van der Waals surface area contributed by atoms with Crippen LogP contribution in [0.3, 0.4) is 0 Å². The molecule has 0 aliphatic carbocycles. The second-order valence-electron chi connectivity index (χ2n) is 7.05. The van der Waals surface area contributed by atoms with E-state index in [2.05, 4.69) is 36.2 Å². The molecule has 138 valence electrons. The van der Waals surface area contributed by atoms with Gasteiger partial charge in [-0.25, -0.2) is 4.39 Å². The van der Waals surface area contributed by atoms with Crippen molar-refractivity contribution in [2.45, 2.75) is 6.04 Å². The Hall–Kier alpha value is -1.62. The van der Waals surface area contributed by atoms with E-state index in [4.69, 9.17) is 11.6 Å². The van der Waals surface area contributed by atoms with Gasteiger partial charge >= 0.3 is 0 Å². The summed E-state index contributed by atoms with van der Waals surface area (Å²) in [5.41, 5.74) is 1.35. The lowest BCUT2D eigenvalue weighted by atomic mass is 9.90. The number of benzene rings is 2. The minimum Gasteiger partial charge on any atom is -0.338 e. The van der Waals surface area contributed by atoms with Crippen molar-refractivity contribution in [2.24, 2.45) is 11.8 Å². The Morgan fingerprint density at radius 1 is 1.12 bits per heavy atom. The van der Waals surface area contributed by atoms with E-state index in [0.717, 1.165) is 6.54 Å². The van der Waals surface area contributed by atoms with Gasteiger partial charge in [-0.1, -0.05) is 41.9 Å². The fraction of sp³-hybridized carbons (Fsp3) is 0.350. The first kappa shape index (κ1) is 19.2. The van der Waals surface area contributed by atoms with Gasteiger partial charge in [-0.3, -0.25) is 9.69 Å². The Morgan fingerprint density at radius 3 is 2.58 bits per heavy atom. The second-order valence-corrected chi connectivity index (χ2v) is 7.49. The summed E-state index contributed by atoms with van der Waals surface area (Å²) in [7, 11) is 2.14. The molecule has 26 heavy (non-hydrogen) atoms. The molecule has 0 N–H and O–H groups in total. The number of amides is 1. The quantitative estimate of drug-likeness (QED) is 0.758. The fourth-order valence-corrected chi connectivity index (χ4v) is 4.58. The van der Waals surface area contributed by atoms with Gasteiger partial charge < -0.3 is 4.90 Å². The minimum absolute atomic E-state index is 0. The maximum atomic E-state index is 14.1. The van der Waals surface area contributed by atoms with Crippen LogP contribution in [0.15, 0.2) is 48.5 Å². The van der Waals surface area contributed by atoms with Gasteiger partial charge in [0.1, 0.15) is 5.82 Å². The van der Waals surface area contributed by atoms with Crippen molar-refractivity contribution >= 4 is 29.9 Å². The van der Waals surface area contributed by atoms with Crippen LogP contribution in [0.1, 0.15) is 22.0 Å². The van der Waals surface area contributed by atoms with Crippen LogP contribution in [0.5, 0.6) is 0 Å². The van der Waals surface area contributed by atoms with Crippen LogP contribution >= 0.6 is 24.0 Å². The molecule has 6 heteroatoms. The lowest BCUT2D eigenvalue weighted by molar-refractivity contribution is 0.0763. The molecule has 0 aromatic heterocycles. The Labute approximate surface area is 164 Å². The van der Waals surface area contributed by atoms with E-state index in [1.807, 2.05) is 6.07 Å². The van der Waals surface area contributed by atoms with Crippen molar-refractivity contribution in [2.75, 3.05) is 26.7 Å². The number of hydrogen-bond donors (Lipinski definition) is 0. The number of fused-ring (bicyclic) bond motifs is 1. The van der Waals surface area contributed by atoms with Crippen molar-refractivity contribution in [3.8, 4) is 0 Å². The Bertz CT molecular complexity index is 802. The summed E-state index contributed by atoms with van der Waals surface area (Å²) in [4.78, 5) is 16.9. The molecular formula is C20H21Cl2FN2O. The number of halogens is 3. The van der Waals surface area contributed by atoms with Gasteiger partial charge in [0, 0.05) is 36.6 Å². The summed E-state index contributed by atoms with van der Waals surface area (Å²) in [6, 6.07) is 14.9. The van der Waals surface area contributed by atoms with Crippen LogP contribution in [0.25, 0.3) is 0 Å². The van der Waals surface area contributed by atoms with Crippen molar-refractivity contribution < 1.29 is 9.18 Å². The van der Waals surface area contributed by atoms with E-state index >= 15 is 0 Å². The van der Waals surface area contributed by atoms with Crippen LogP contribution in [-0.4, -0.2) is 42.4 Å². The summed E-state index contributed by atoms with van der Waals surface area (Å²) >= 11 is 5.94. The van der Waals surface area contributed by atoms with Gasteiger partial charge in [-0.15, -0.1) is 12.4 Å². The van der Waals surface area contributed by atoms with Crippen LogP contribution in [0, 0.1) is 17.7 Å². The van der Waals surface area contributed by atoms with Gasteiger partial charge in [0.2, 0.25) is 0 Å². The summed E-state index contributed by atoms with van der Waals surface area (Å²) in [5, 5.41) is 0.381. The second kappa shape index (κ2) is 7.55. The van der Waals surface area contributed by atoms with Crippen molar-refractivity contribution in [3.63, 3.8) is 0 Å². The van der Waals surface area contributed by atoms with Gasteiger partial charge in [0.05, 0.1) is 5.56 Å². The van der Waals surface area contributed by atoms with E-state index in [-0.39, 0.29) is 23.9 Å².